The summed E-state index contributed by atoms with van der Waals surface area (Å²) in [6, 6.07) is 14.7. The Morgan fingerprint density at radius 3 is 2.79 bits per heavy atom. The second kappa shape index (κ2) is 9.61. The predicted octanol–water partition coefficient (Wildman–Crippen LogP) is 3.17. The third-order valence-corrected chi connectivity index (χ3v) is 5.68. The van der Waals surface area contributed by atoms with Crippen LogP contribution in [0, 0.1) is 0 Å². The highest BCUT2D eigenvalue weighted by molar-refractivity contribution is 8.00. The quantitative estimate of drug-likeness (QED) is 0.725. The van der Waals surface area contributed by atoms with Crippen molar-refractivity contribution in [1.82, 2.24) is 0 Å². The van der Waals surface area contributed by atoms with E-state index >= 15 is 0 Å². The van der Waals surface area contributed by atoms with Crippen molar-refractivity contribution in [2.75, 3.05) is 36.5 Å². The normalized spacial score (nSPS) is 16.1. The molecule has 0 bridgehead atoms. The van der Waals surface area contributed by atoms with E-state index in [-0.39, 0.29) is 19.1 Å². The summed E-state index contributed by atoms with van der Waals surface area (Å²) in [7, 11) is 0. The molecular weight excluding hydrogens is 376 g/mol. The summed E-state index contributed by atoms with van der Waals surface area (Å²) >= 11 is 1.75. The number of benzene rings is 2. The van der Waals surface area contributed by atoms with Crippen LogP contribution in [0.15, 0.2) is 53.4 Å². The van der Waals surface area contributed by atoms with Crippen molar-refractivity contribution in [3.05, 3.63) is 54.1 Å². The van der Waals surface area contributed by atoms with Crippen LogP contribution in [0.3, 0.4) is 0 Å². The molecule has 1 aliphatic rings. The topological polar surface area (TPSA) is 78.9 Å². The van der Waals surface area contributed by atoms with Crippen LogP contribution in [0.25, 0.3) is 0 Å². The van der Waals surface area contributed by atoms with Gasteiger partial charge in [-0.05, 0) is 30.7 Å². The molecule has 2 N–H and O–H groups in total. The Hall–Kier alpha value is -2.51. The van der Waals surface area contributed by atoms with Crippen molar-refractivity contribution in [2.24, 2.45) is 0 Å². The zero-order chi connectivity index (χ0) is 19.9. The summed E-state index contributed by atoms with van der Waals surface area (Å²) in [4.78, 5) is 28.0. The minimum atomic E-state index is -0.569. The standard InChI is InChI=1S/C21H24N2O4S/c1-15-10-12-23(18-8-4-5-9-19(18)28-15)20(25)14-27-21(26)16-6-2-3-7-17(16)22-11-13-24/h2-9,15,22,24H,10-14H2,1H3/t15-/m1/s1. The predicted molar refractivity (Wildman–Crippen MR) is 111 cm³/mol. The van der Waals surface area contributed by atoms with Crippen LogP contribution < -0.4 is 10.2 Å². The molecule has 0 saturated carbocycles. The lowest BCUT2D eigenvalue weighted by Gasteiger charge is -2.22. The van der Waals surface area contributed by atoms with Gasteiger partial charge < -0.3 is 20.1 Å². The molecule has 7 heteroatoms. The van der Waals surface area contributed by atoms with Gasteiger partial charge in [0.15, 0.2) is 6.61 Å². The van der Waals surface area contributed by atoms with E-state index in [9.17, 15) is 9.59 Å². The summed E-state index contributed by atoms with van der Waals surface area (Å²) in [6.45, 7) is 2.69. The number of para-hydroxylation sites is 2. The Morgan fingerprint density at radius 2 is 1.96 bits per heavy atom. The van der Waals surface area contributed by atoms with E-state index in [1.54, 1.807) is 40.9 Å². The number of amides is 1. The van der Waals surface area contributed by atoms with E-state index in [0.717, 1.165) is 17.0 Å². The largest absolute Gasteiger partial charge is 0.452 e. The average molecular weight is 401 g/mol. The first-order valence-electron chi connectivity index (χ1n) is 9.27. The maximum absolute atomic E-state index is 12.8. The van der Waals surface area contributed by atoms with Crippen molar-refractivity contribution < 1.29 is 19.4 Å². The molecule has 0 aliphatic carbocycles. The number of nitrogens with zero attached hydrogens (tertiary/aromatic N) is 1. The Balaban J connectivity index is 1.68. The molecule has 2 aromatic carbocycles. The third-order valence-electron chi connectivity index (χ3n) is 4.45. The van der Waals surface area contributed by atoms with Crippen LogP contribution in [0.5, 0.6) is 0 Å². The second-order valence-corrected chi connectivity index (χ2v) is 7.98. The van der Waals surface area contributed by atoms with Crippen LogP contribution in [0.2, 0.25) is 0 Å². The van der Waals surface area contributed by atoms with Gasteiger partial charge in [0, 0.05) is 28.9 Å². The van der Waals surface area contributed by atoms with Crippen molar-refractivity contribution in [2.45, 2.75) is 23.5 Å². The number of aliphatic hydroxyl groups excluding tert-OH is 1. The van der Waals surface area contributed by atoms with Gasteiger partial charge in [0.05, 0.1) is 17.9 Å². The molecule has 0 unspecified atom stereocenters. The third kappa shape index (κ3) is 4.85. The van der Waals surface area contributed by atoms with Crippen molar-refractivity contribution >= 4 is 35.0 Å². The molecule has 1 amide bonds. The fraction of sp³-hybridized carbons (Fsp3) is 0.333. The highest BCUT2D eigenvalue weighted by Gasteiger charge is 2.25. The summed E-state index contributed by atoms with van der Waals surface area (Å²) in [5.74, 6) is -0.809. The summed E-state index contributed by atoms with van der Waals surface area (Å²) in [5, 5.41) is 12.3. The van der Waals surface area contributed by atoms with Crippen LogP contribution in [0.4, 0.5) is 11.4 Å². The van der Waals surface area contributed by atoms with Gasteiger partial charge in [0.1, 0.15) is 0 Å². The first kappa shape index (κ1) is 20.2. The molecule has 3 rings (SSSR count). The molecule has 148 valence electrons. The van der Waals surface area contributed by atoms with Gasteiger partial charge in [-0.2, -0.15) is 0 Å². The lowest BCUT2D eigenvalue weighted by Crippen LogP contribution is -2.35. The zero-order valence-corrected chi connectivity index (χ0v) is 16.6. The maximum atomic E-state index is 12.8. The molecule has 2 aromatic rings. The first-order valence-corrected chi connectivity index (χ1v) is 10.1. The van der Waals surface area contributed by atoms with Crippen LogP contribution in [-0.2, 0) is 9.53 Å². The first-order chi connectivity index (χ1) is 13.6. The summed E-state index contributed by atoms with van der Waals surface area (Å²) in [5.41, 5.74) is 1.77. The van der Waals surface area contributed by atoms with E-state index in [1.165, 1.54) is 0 Å². The van der Waals surface area contributed by atoms with Gasteiger partial charge in [-0.3, -0.25) is 4.79 Å². The molecule has 1 heterocycles. The van der Waals surface area contributed by atoms with E-state index in [4.69, 9.17) is 9.84 Å². The molecule has 0 spiro atoms. The number of anilines is 2. The molecule has 0 fully saturated rings. The van der Waals surface area contributed by atoms with Crippen molar-refractivity contribution in [1.29, 1.82) is 0 Å². The van der Waals surface area contributed by atoms with Crippen molar-refractivity contribution in [3.63, 3.8) is 0 Å². The maximum Gasteiger partial charge on any atom is 0.340 e. The molecule has 0 radical (unpaired) electrons. The Labute approximate surface area is 168 Å². The van der Waals surface area contributed by atoms with E-state index < -0.39 is 5.97 Å². The lowest BCUT2D eigenvalue weighted by atomic mass is 10.2. The number of fused-ring (bicyclic) bond motifs is 1. The Bertz CT molecular complexity index is 843. The number of hydrogen-bond donors (Lipinski definition) is 2. The fourth-order valence-electron chi connectivity index (χ4n) is 3.03. The number of ether oxygens (including phenoxy) is 1. The van der Waals surface area contributed by atoms with E-state index in [0.29, 0.717) is 29.6 Å². The SMILES string of the molecule is C[C@@H]1CCN(C(=O)COC(=O)c2ccccc2NCCO)c2ccccc2S1. The van der Waals surface area contributed by atoms with Gasteiger partial charge in [-0.1, -0.05) is 31.2 Å². The fourth-order valence-corrected chi connectivity index (χ4v) is 4.15. The zero-order valence-electron chi connectivity index (χ0n) is 15.8. The molecule has 6 nitrogen and oxygen atoms in total. The van der Waals surface area contributed by atoms with Gasteiger partial charge in [0.25, 0.3) is 5.91 Å². The Kier molecular flexibility index (Phi) is 6.95. The smallest absolute Gasteiger partial charge is 0.340 e. The van der Waals surface area contributed by atoms with Gasteiger partial charge in [-0.15, -0.1) is 11.8 Å². The highest BCUT2D eigenvalue weighted by Crippen LogP contribution is 2.37. The molecular formula is C21H24N2O4S. The average Bonchev–Trinajstić information content (AvgIpc) is 2.88. The van der Waals surface area contributed by atoms with Crippen LogP contribution in [0.1, 0.15) is 23.7 Å². The number of nitrogens with one attached hydrogen (secondary N) is 1. The van der Waals surface area contributed by atoms with Crippen molar-refractivity contribution in [3.8, 4) is 0 Å². The minimum absolute atomic E-state index is 0.0489. The number of thioether (sulfide) groups is 1. The molecule has 0 aromatic heterocycles. The summed E-state index contributed by atoms with van der Waals surface area (Å²) in [6.07, 6.45) is 0.868. The monoisotopic (exact) mass is 400 g/mol. The molecule has 1 atom stereocenters. The van der Waals surface area contributed by atoms with Crippen LogP contribution >= 0.6 is 11.8 Å². The van der Waals surface area contributed by atoms with E-state index in [2.05, 4.69) is 12.2 Å². The minimum Gasteiger partial charge on any atom is -0.452 e. The van der Waals surface area contributed by atoms with Gasteiger partial charge >= 0.3 is 5.97 Å². The van der Waals surface area contributed by atoms with Gasteiger partial charge in [0.2, 0.25) is 0 Å². The Morgan fingerprint density at radius 1 is 1.21 bits per heavy atom. The summed E-state index contributed by atoms with van der Waals surface area (Å²) < 4.78 is 5.31. The van der Waals surface area contributed by atoms with Gasteiger partial charge in [-0.25, -0.2) is 4.79 Å². The number of hydrogen-bond acceptors (Lipinski definition) is 6. The molecule has 28 heavy (non-hydrogen) atoms. The number of esters is 1. The van der Waals surface area contributed by atoms with E-state index in [1.807, 2.05) is 24.3 Å². The number of carbonyl (C=O) groups is 2. The highest BCUT2D eigenvalue weighted by atomic mass is 32.2. The number of aliphatic hydroxyl groups is 1. The molecule has 0 saturated heterocycles. The number of carbonyl (C=O) groups excluding carboxylic acids is 2. The second-order valence-electron chi connectivity index (χ2n) is 6.50. The number of rotatable bonds is 6. The lowest BCUT2D eigenvalue weighted by molar-refractivity contribution is -0.121. The molecule has 1 aliphatic heterocycles. The van der Waals surface area contributed by atoms with Crippen LogP contribution in [-0.4, -0.2) is 48.5 Å².